The maximum Gasteiger partial charge on any atom is 0.306 e. The standard InChI is InChI=1S/C23H37N5O8/c1-13(2)17(29)12-25-21(33)14(3)26-22(34)16(11-18(24)30)27-19(31)5-4-6-20(32)28-9-7-15(8-10-28)23(35)36/h13-16H,4-12H2,1-3H3,(H2,24,30)(H,25,33)(H,26,34)(H,27,31)(H,35,36)/t14-,16-/m0/s1. The lowest BCUT2D eigenvalue weighted by Gasteiger charge is -2.30. The smallest absolute Gasteiger partial charge is 0.306 e. The Bertz CT molecular complexity index is 851. The summed E-state index contributed by atoms with van der Waals surface area (Å²) in [6.45, 7) is 5.28. The highest BCUT2D eigenvalue weighted by atomic mass is 16.4. The van der Waals surface area contributed by atoms with Gasteiger partial charge in [-0.05, 0) is 26.2 Å². The summed E-state index contributed by atoms with van der Waals surface area (Å²) in [6.07, 6.45) is 0.454. The molecule has 1 saturated heterocycles. The maximum atomic E-state index is 12.6. The van der Waals surface area contributed by atoms with Gasteiger partial charge >= 0.3 is 5.97 Å². The third kappa shape index (κ3) is 10.8. The maximum absolute atomic E-state index is 12.6. The highest BCUT2D eigenvalue weighted by Gasteiger charge is 2.28. The average molecular weight is 512 g/mol. The molecule has 2 atom stereocenters. The molecule has 0 saturated carbocycles. The molecule has 13 nitrogen and oxygen atoms in total. The average Bonchev–Trinajstić information content (AvgIpc) is 2.81. The molecule has 5 amide bonds. The molecule has 0 aliphatic carbocycles. The van der Waals surface area contributed by atoms with Crippen molar-refractivity contribution in [1.29, 1.82) is 0 Å². The molecule has 0 bridgehead atoms. The minimum Gasteiger partial charge on any atom is -0.481 e. The van der Waals surface area contributed by atoms with E-state index >= 15 is 0 Å². The van der Waals surface area contributed by atoms with E-state index in [1.54, 1.807) is 18.7 Å². The second kappa shape index (κ2) is 14.8. The van der Waals surface area contributed by atoms with E-state index < -0.39 is 54.0 Å². The third-order valence-electron chi connectivity index (χ3n) is 5.88. The molecule has 202 valence electrons. The van der Waals surface area contributed by atoms with Crippen LogP contribution in [0, 0.1) is 11.8 Å². The fourth-order valence-electron chi connectivity index (χ4n) is 3.52. The van der Waals surface area contributed by atoms with Gasteiger partial charge in [-0.1, -0.05) is 13.8 Å². The highest BCUT2D eigenvalue weighted by Crippen LogP contribution is 2.18. The van der Waals surface area contributed by atoms with Gasteiger partial charge in [-0.2, -0.15) is 0 Å². The predicted octanol–water partition coefficient (Wildman–Crippen LogP) is -1.31. The summed E-state index contributed by atoms with van der Waals surface area (Å²) >= 11 is 0. The van der Waals surface area contributed by atoms with Crippen molar-refractivity contribution in [3.63, 3.8) is 0 Å². The van der Waals surface area contributed by atoms with Gasteiger partial charge in [0.2, 0.25) is 29.5 Å². The molecule has 6 N–H and O–H groups in total. The second-order valence-corrected chi connectivity index (χ2v) is 9.21. The van der Waals surface area contributed by atoms with Gasteiger partial charge in [-0.25, -0.2) is 0 Å². The van der Waals surface area contributed by atoms with Crippen LogP contribution in [-0.2, 0) is 33.6 Å². The van der Waals surface area contributed by atoms with Crippen LogP contribution in [0.15, 0.2) is 0 Å². The largest absolute Gasteiger partial charge is 0.481 e. The SMILES string of the molecule is CC(C)C(=O)CNC(=O)[C@H](C)NC(=O)[C@H](CC(N)=O)NC(=O)CCCC(=O)N1CCC(C(=O)O)CC1. The van der Waals surface area contributed by atoms with Crippen molar-refractivity contribution in [2.24, 2.45) is 17.6 Å². The Morgan fingerprint density at radius 2 is 1.56 bits per heavy atom. The first-order valence-electron chi connectivity index (χ1n) is 12.0. The van der Waals surface area contributed by atoms with E-state index in [4.69, 9.17) is 10.8 Å². The summed E-state index contributed by atoms with van der Waals surface area (Å²) in [5.41, 5.74) is 5.18. The molecule has 1 rings (SSSR count). The second-order valence-electron chi connectivity index (χ2n) is 9.21. The number of rotatable bonds is 14. The summed E-state index contributed by atoms with van der Waals surface area (Å²) < 4.78 is 0. The normalized spacial score (nSPS) is 15.5. The summed E-state index contributed by atoms with van der Waals surface area (Å²) in [7, 11) is 0. The Balaban J connectivity index is 2.50. The van der Waals surface area contributed by atoms with Gasteiger partial charge in [0.15, 0.2) is 5.78 Å². The lowest BCUT2D eigenvalue weighted by atomic mass is 9.97. The van der Waals surface area contributed by atoms with Crippen molar-refractivity contribution < 1.29 is 38.7 Å². The van der Waals surface area contributed by atoms with Crippen molar-refractivity contribution in [2.75, 3.05) is 19.6 Å². The lowest BCUT2D eigenvalue weighted by molar-refractivity contribution is -0.145. The molecular formula is C23H37N5O8. The van der Waals surface area contributed by atoms with E-state index in [2.05, 4.69) is 16.0 Å². The van der Waals surface area contributed by atoms with Crippen LogP contribution < -0.4 is 21.7 Å². The molecule has 13 heteroatoms. The number of nitrogens with zero attached hydrogens (tertiary/aromatic N) is 1. The van der Waals surface area contributed by atoms with Gasteiger partial charge in [0.25, 0.3) is 0 Å². The van der Waals surface area contributed by atoms with E-state index in [-0.39, 0.29) is 43.4 Å². The first-order chi connectivity index (χ1) is 16.8. The Morgan fingerprint density at radius 3 is 2.08 bits per heavy atom. The van der Waals surface area contributed by atoms with Gasteiger partial charge in [0.05, 0.1) is 18.9 Å². The molecule has 0 aromatic heterocycles. The quantitative estimate of drug-likeness (QED) is 0.189. The summed E-state index contributed by atoms with van der Waals surface area (Å²) in [4.78, 5) is 85.0. The van der Waals surface area contributed by atoms with Crippen LogP contribution in [0.2, 0.25) is 0 Å². The third-order valence-corrected chi connectivity index (χ3v) is 5.88. The Labute approximate surface area is 209 Å². The van der Waals surface area contributed by atoms with E-state index in [0.717, 1.165) is 0 Å². The van der Waals surface area contributed by atoms with Crippen molar-refractivity contribution in [3.05, 3.63) is 0 Å². The number of hydrogen-bond donors (Lipinski definition) is 5. The van der Waals surface area contributed by atoms with E-state index in [9.17, 15) is 33.6 Å². The Hall–Kier alpha value is -3.51. The van der Waals surface area contributed by atoms with Gasteiger partial charge < -0.3 is 31.7 Å². The van der Waals surface area contributed by atoms with Gasteiger partial charge in [0, 0.05) is 31.8 Å². The number of piperidine rings is 1. The van der Waals surface area contributed by atoms with Crippen molar-refractivity contribution in [1.82, 2.24) is 20.9 Å². The van der Waals surface area contributed by atoms with Gasteiger partial charge in [0.1, 0.15) is 12.1 Å². The molecular weight excluding hydrogens is 474 g/mol. The van der Waals surface area contributed by atoms with Gasteiger partial charge in [-0.3, -0.25) is 33.6 Å². The molecule has 1 heterocycles. The zero-order valence-corrected chi connectivity index (χ0v) is 21.0. The van der Waals surface area contributed by atoms with Crippen molar-refractivity contribution >= 4 is 41.3 Å². The Morgan fingerprint density at radius 1 is 0.944 bits per heavy atom. The Kier molecular flexibility index (Phi) is 12.5. The summed E-state index contributed by atoms with van der Waals surface area (Å²) in [5, 5.41) is 16.2. The molecule has 0 spiro atoms. The van der Waals surface area contributed by atoms with Crippen molar-refractivity contribution in [3.8, 4) is 0 Å². The van der Waals surface area contributed by atoms with Crippen LogP contribution in [0.4, 0.5) is 0 Å². The minimum absolute atomic E-state index is 0.0736. The number of Topliss-reactive ketones (excluding diaryl/α,β-unsaturated/α-hetero) is 1. The molecule has 0 unspecified atom stereocenters. The number of carboxylic acids is 1. The molecule has 0 aromatic carbocycles. The number of carbonyl (C=O) groups is 7. The topological polar surface area (TPSA) is 205 Å². The number of likely N-dealkylation sites (tertiary alicyclic amines) is 1. The molecule has 1 aliphatic heterocycles. The zero-order chi connectivity index (χ0) is 27.4. The van der Waals surface area contributed by atoms with Crippen LogP contribution >= 0.6 is 0 Å². The van der Waals surface area contributed by atoms with Crippen molar-refractivity contribution in [2.45, 2.75) is 71.4 Å². The molecule has 1 fully saturated rings. The minimum atomic E-state index is -1.31. The first kappa shape index (κ1) is 30.5. The van der Waals surface area contributed by atoms with Crippen LogP contribution in [0.25, 0.3) is 0 Å². The summed E-state index contributed by atoms with van der Waals surface area (Å²) in [5.74, 6) is -4.76. The number of carbonyl (C=O) groups excluding carboxylic acids is 6. The number of ketones is 1. The molecule has 36 heavy (non-hydrogen) atoms. The molecule has 1 aliphatic rings. The number of hydrogen-bond acceptors (Lipinski definition) is 7. The van der Waals surface area contributed by atoms with E-state index in [0.29, 0.717) is 25.9 Å². The first-order valence-corrected chi connectivity index (χ1v) is 12.0. The highest BCUT2D eigenvalue weighted by molar-refractivity contribution is 5.95. The van der Waals surface area contributed by atoms with E-state index in [1.807, 2.05) is 0 Å². The predicted molar refractivity (Wildman–Crippen MR) is 127 cm³/mol. The molecule has 0 aromatic rings. The molecule has 0 radical (unpaired) electrons. The fraction of sp³-hybridized carbons (Fsp3) is 0.696. The lowest BCUT2D eigenvalue weighted by Crippen LogP contribution is -2.54. The van der Waals surface area contributed by atoms with Crippen LogP contribution in [0.3, 0.4) is 0 Å². The number of carboxylic acid groups (broad SMARTS) is 1. The van der Waals surface area contributed by atoms with Gasteiger partial charge in [-0.15, -0.1) is 0 Å². The number of aliphatic carboxylic acids is 1. The number of primary amides is 1. The number of nitrogens with one attached hydrogen (secondary N) is 3. The van der Waals surface area contributed by atoms with E-state index in [1.165, 1.54) is 6.92 Å². The number of nitrogens with two attached hydrogens (primary N) is 1. The van der Waals surface area contributed by atoms with Crippen LogP contribution in [0.1, 0.15) is 59.3 Å². The monoisotopic (exact) mass is 511 g/mol. The van der Waals surface area contributed by atoms with Crippen LogP contribution in [0.5, 0.6) is 0 Å². The zero-order valence-electron chi connectivity index (χ0n) is 21.0. The summed E-state index contributed by atoms with van der Waals surface area (Å²) in [6, 6.07) is -2.35. The number of amides is 5. The van der Waals surface area contributed by atoms with Crippen LogP contribution in [-0.4, -0.2) is 83.0 Å². The fourth-order valence-corrected chi connectivity index (χ4v) is 3.52.